The number of aryl methyl sites for hydroxylation is 1. The molecule has 0 spiro atoms. The van der Waals surface area contributed by atoms with Crippen LogP contribution in [0.4, 0.5) is 0 Å². The topological polar surface area (TPSA) is 46.2 Å². The minimum atomic E-state index is -0.0901. The number of nitrogens with two attached hydrogens (primary N) is 1. The number of rotatable bonds is 2. The smallest absolute Gasteiger partial charge is 0.123 e. The van der Waals surface area contributed by atoms with Crippen LogP contribution in [-0.2, 0) is 0 Å². The Balaban J connectivity index is 2.26. The van der Waals surface area contributed by atoms with Gasteiger partial charge in [-0.25, -0.2) is 0 Å². The maximum absolute atomic E-state index is 10.1. The number of aromatic hydroxyl groups is 1. The molecule has 3 heteroatoms. The standard InChI is InChI=1S/C14H20ClNO/c1-9-7-11(15)8-12(14(9)17)13(16)10-5-3-2-4-6-10/h7-8,10,13,17H,2-6,16H2,1H3/t13-/m1/s1. The predicted octanol–water partition coefficient (Wildman–Crippen LogP) is 3.93. The van der Waals surface area contributed by atoms with Crippen molar-refractivity contribution in [3.63, 3.8) is 0 Å². The highest BCUT2D eigenvalue weighted by molar-refractivity contribution is 6.30. The Morgan fingerprint density at radius 1 is 1.29 bits per heavy atom. The Morgan fingerprint density at radius 2 is 1.94 bits per heavy atom. The molecule has 1 aromatic rings. The van der Waals surface area contributed by atoms with E-state index in [4.69, 9.17) is 17.3 Å². The molecule has 17 heavy (non-hydrogen) atoms. The summed E-state index contributed by atoms with van der Waals surface area (Å²) in [6.07, 6.45) is 6.12. The molecule has 2 rings (SSSR count). The van der Waals surface area contributed by atoms with E-state index in [1.54, 1.807) is 6.07 Å². The molecule has 1 aliphatic rings. The van der Waals surface area contributed by atoms with Crippen molar-refractivity contribution < 1.29 is 5.11 Å². The van der Waals surface area contributed by atoms with Gasteiger partial charge < -0.3 is 10.8 Å². The highest BCUT2D eigenvalue weighted by Gasteiger charge is 2.24. The lowest BCUT2D eigenvalue weighted by atomic mass is 9.81. The van der Waals surface area contributed by atoms with Crippen molar-refractivity contribution >= 4 is 11.6 Å². The molecule has 0 radical (unpaired) electrons. The molecular formula is C14H20ClNO. The molecule has 0 saturated heterocycles. The fourth-order valence-electron chi connectivity index (χ4n) is 2.76. The number of halogens is 1. The van der Waals surface area contributed by atoms with Gasteiger partial charge in [0, 0.05) is 16.6 Å². The van der Waals surface area contributed by atoms with Gasteiger partial charge in [-0.15, -0.1) is 0 Å². The maximum atomic E-state index is 10.1. The molecule has 2 nitrogen and oxygen atoms in total. The molecule has 0 unspecified atom stereocenters. The zero-order chi connectivity index (χ0) is 12.4. The molecule has 0 aromatic heterocycles. The van der Waals surface area contributed by atoms with Crippen molar-refractivity contribution in [2.24, 2.45) is 11.7 Å². The van der Waals surface area contributed by atoms with Crippen molar-refractivity contribution in [1.29, 1.82) is 0 Å². The molecule has 0 amide bonds. The average molecular weight is 254 g/mol. The van der Waals surface area contributed by atoms with Crippen LogP contribution in [0.25, 0.3) is 0 Å². The van der Waals surface area contributed by atoms with Crippen LogP contribution < -0.4 is 5.73 Å². The fraction of sp³-hybridized carbons (Fsp3) is 0.571. The van der Waals surface area contributed by atoms with Crippen molar-refractivity contribution in [2.75, 3.05) is 0 Å². The van der Waals surface area contributed by atoms with E-state index in [1.165, 1.54) is 19.3 Å². The summed E-state index contributed by atoms with van der Waals surface area (Å²) in [6.45, 7) is 1.86. The minimum Gasteiger partial charge on any atom is -0.507 e. The molecule has 1 fully saturated rings. The molecule has 0 heterocycles. The highest BCUT2D eigenvalue weighted by atomic mass is 35.5. The zero-order valence-electron chi connectivity index (χ0n) is 10.2. The summed E-state index contributed by atoms with van der Waals surface area (Å²) in [6, 6.07) is 3.49. The number of benzene rings is 1. The Morgan fingerprint density at radius 3 is 2.59 bits per heavy atom. The third kappa shape index (κ3) is 2.75. The molecule has 94 valence electrons. The van der Waals surface area contributed by atoms with Crippen LogP contribution in [0.5, 0.6) is 5.75 Å². The summed E-state index contributed by atoms with van der Waals surface area (Å²) in [7, 11) is 0. The summed E-state index contributed by atoms with van der Waals surface area (Å²) in [5.41, 5.74) is 7.90. The van der Waals surface area contributed by atoms with Gasteiger partial charge in [0.15, 0.2) is 0 Å². The van der Waals surface area contributed by atoms with Crippen molar-refractivity contribution in [2.45, 2.75) is 45.1 Å². The van der Waals surface area contributed by atoms with Crippen LogP contribution >= 0.6 is 11.6 Å². The van der Waals surface area contributed by atoms with Crippen LogP contribution in [0, 0.1) is 12.8 Å². The normalized spacial score (nSPS) is 19.2. The third-order valence-corrected chi connectivity index (χ3v) is 4.03. The van der Waals surface area contributed by atoms with Crippen molar-refractivity contribution in [1.82, 2.24) is 0 Å². The van der Waals surface area contributed by atoms with E-state index in [0.29, 0.717) is 16.7 Å². The summed E-state index contributed by atoms with van der Waals surface area (Å²) in [5.74, 6) is 0.792. The van der Waals surface area contributed by atoms with Gasteiger partial charge in [-0.2, -0.15) is 0 Å². The lowest BCUT2D eigenvalue weighted by Crippen LogP contribution is -2.23. The van der Waals surface area contributed by atoms with Crippen molar-refractivity contribution in [3.8, 4) is 5.75 Å². The largest absolute Gasteiger partial charge is 0.507 e. The first-order valence-corrected chi connectivity index (χ1v) is 6.72. The van der Waals surface area contributed by atoms with Gasteiger partial charge >= 0.3 is 0 Å². The summed E-state index contributed by atoms with van der Waals surface area (Å²) in [5, 5.41) is 10.7. The van der Waals surface area contributed by atoms with Crippen LogP contribution in [0.1, 0.15) is 49.3 Å². The quantitative estimate of drug-likeness (QED) is 0.839. The van der Waals surface area contributed by atoms with E-state index < -0.39 is 0 Å². The van der Waals surface area contributed by atoms with Gasteiger partial charge in [0.2, 0.25) is 0 Å². The maximum Gasteiger partial charge on any atom is 0.123 e. The first kappa shape index (κ1) is 12.7. The molecule has 1 aliphatic carbocycles. The number of phenols is 1. The number of hydrogen-bond donors (Lipinski definition) is 2. The zero-order valence-corrected chi connectivity index (χ0v) is 11.0. The number of hydrogen-bond acceptors (Lipinski definition) is 2. The summed E-state index contributed by atoms with van der Waals surface area (Å²) in [4.78, 5) is 0. The van der Waals surface area contributed by atoms with E-state index in [1.807, 2.05) is 13.0 Å². The lowest BCUT2D eigenvalue weighted by molar-refractivity contribution is 0.303. The minimum absolute atomic E-state index is 0.0901. The molecule has 1 aromatic carbocycles. The van der Waals surface area contributed by atoms with Crippen molar-refractivity contribution in [3.05, 3.63) is 28.3 Å². The van der Waals surface area contributed by atoms with Gasteiger partial charge in [-0.1, -0.05) is 30.9 Å². The Kier molecular flexibility index (Phi) is 3.95. The van der Waals surface area contributed by atoms with Crippen LogP contribution in [-0.4, -0.2) is 5.11 Å². The van der Waals surface area contributed by atoms with E-state index in [2.05, 4.69) is 0 Å². The third-order valence-electron chi connectivity index (χ3n) is 3.81. The molecule has 1 saturated carbocycles. The lowest BCUT2D eigenvalue weighted by Gasteiger charge is -2.28. The van der Waals surface area contributed by atoms with Crippen LogP contribution in [0.3, 0.4) is 0 Å². The highest BCUT2D eigenvalue weighted by Crippen LogP contribution is 2.38. The monoisotopic (exact) mass is 253 g/mol. The Labute approximate surface area is 108 Å². The van der Waals surface area contributed by atoms with Crippen LogP contribution in [0.2, 0.25) is 5.02 Å². The van der Waals surface area contributed by atoms with Gasteiger partial charge in [0.1, 0.15) is 5.75 Å². The SMILES string of the molecule is Cc1cc(Cl)cc([C@H](N)C2CCCCC2)c1O. The van der Waals surface area contributed by atoms with Gasteiger partial charge in [0.05, 0.1) is 0 Å². The molecule has 1 atom stereocenters. The molecule has 0 bridgehead atoms. The second-order valence-electron chi connectivity index (χ2n) is 5.08. The van der Waals surface area contributed by atoms with Gasteiger partial charge in [-0.3, -0.25) is 0 Å². The van der Waals surface area contributed by atoms with E-state index in [9.17, 15) is 5.11 Å². The summed E-state index contributed by atoms with van der Waals surface area (Å²) >= 11 is 6.04. The Hall–Kier alpha value is -0.730. The fourth-order valence-corrected chi connectivity index (χ4v) is 3.04. The van der Waals surface area contributed by atoms with E-state index in [-0.39, 0.29) is 6.04 Å². The second-order valence-corrected chi connectivity index (χ2v) is 5.52. The molecule has 0 aliphatic heterocycles. The van der Waals surface area contributed by atoms with Gasteiger partial charge in [0.25, 0.3) is 0 Å². The number of phenolic OH excluding ortho intramolecular Hbond substituents is 1. The summed E-state index contributed by atoms with van der Waals surface area (Å²) < 4.78 is 0. The first-order valence-electron chi connectivity index (χ1n) is 6.34. The van der Waals surface area contributed by atoms with Crippen LogP contribution in [0.15, 0.2) is 12.1 Å². The second kappa shape index (κ2) is 5.28. The van der Waals surface area contributed by atoms with E-state index in [0.717, 1.165) is 24.0 Å². The first-order chi connectivity index (χ1) is 8.09. The van der Waals surface area contributed by atoms with Gasteiger partial charge in [-0.05, 0) is 43.4 Å². The molecular weight excluding hydrogens is 234 g/mol. The molecule has 3 N–H and O–H groups in total. The predicted molar refractivity (Wildman–Crippen MR) is 71.4 cm³/mol. The van der Waals surface area contributed by atoms with E-state index >= 15 is 0 Å². The average Bonchev–Trinajstić information content (AvgIpc) is 2.34. The Bertz CT molecular complexity index is 399.